The van der Waals surface area contributed by atoms with Crippen LogP contribution in [0.1, 0.15) is 93.1 Å². The molecule has 2 heteroatoms. The maximum atomic E-state index is 12.7. The number of Topliss-reactive ketones (excluding diaryl/α,β-unsaturated/α-hetero) is 1. The van der Waals surface area contributed by atoms with Crippen LogP contribution in [0, 0.1) is 5.92 Å². The Hall–Kier alpha value is -2.35. The first kappa shape index (κ1) is 22.3. The van der Waals surface area contributed by atoms with E-state index in [4.69, 9.17) is 0 Å². The van der Waals surface area contributed by atoms with Crippen molar-refractivity contribution < 1.29 is 4.79 Å². The molecule has 160 valence electrons. The average Bonchev–Trinajstić information content (AvgIpc) is 3.18. The molecule has 0 saturated carbocycles. The summed E-state index contributed by atoms with van der Waals surface area (Å²) < 4.78 is 0. The molecule has 0 spiro atoms. The van der Waals surface area contributed by atoms with Crippen molar-refractivity contribution in [3.05, 3.63) is 71.4 Å². The number of H-pyrrole nitrogens is 1. The number of ketones is 1. The normalized spacial score (nSPS) is 12.5. The Morgan fingerprint density at radius 2 is 1.67 bits per heavy atom. The standard InChI is InChI=1S/C28H37NO/c1-4-5-10-23(24-17-15-22(16-18-24)19-21(2)3)11-6-9-14-28(30)26-20-29-27-13-8-7-12-25(26)27/h7-8,12-13,15-18,20-21,23,29H,4-6,9-11,14,19H2,1-3H3. The predicted molar refractivity (Wildman–Crippen MR) is 128 cm³/mol. The Bertz CT molecular complexity index is 919. The minimum absolute atomic E-state index is 0.260. The summed E-state index contributed by atoms with van der Waals surface area (Å²) in [6, 6.07) is 17.4. The number of hydrogen-bond donors (Lipinski definition) is 1. The average molecular weight is 404 g/mol. The van der Waals surface area contributed by atoms with Gasteiger partial charge >= 0.3 is 0 Å². The summed E-state index contributed by atoms with van der Waals surface area (Å²) in [5.41, 5.74) is 4.79. The molecule has 1 unspecified atom stereocenters. The molecule has 0 radical (unpaired) electrons. The lowest BCUT2D eigenvalue weighted by Gasteiger charge is -2.18. The maximum Gasteiger partial charge on any atom is 0.165 e. The number of carbonyl (C=O) groups excluding carboxylic acids is 1. The van der Waals surface area contributed by atoms with Crippen molar-refractivity contribution in [1.29, 1.82) is 0 Å². The third-order valence-electron chi connectivity index (χ3n) is 6.10. The first-order chi connectivity index (χ1) is 14.6. The van der Waals surface area contributed by atoms with E-state index in [0.29, 0.717) is 18.3 Å². The first-order valence-corrected chi connectivity index (χ1v) is 11.8. The Kier molecular flexibility index (Phi) is 8.30. The van der Waals surface area contributed by atoms with E-state index in [0.717, 1.165) is 35.7 Å². The SMILES string of the molecule is CCCCC(CCCCC(=O)c1c[nH]c2ccccc12)c1ccc(CC(C)C)cc1. The van der Waals surface area contributed by atoms with Crippen LogP contribution >= 0.6 is 0 Å². The molecule has 0 saturated heterocycles. The second-order valence-corrected chi connectivity index (χ2v) is 9.10. The molecular weight excluding hydrogens is 366 g/mol. The summed E-state index contributed by atoms with van der Waals surface area (Å²) in [5, 5.41) is 1.05. The van der Waals surface area contributed by atoms with Crippen molar-refractivity contribution in [2.24, 2.45) is 5.92 Å². The number of fused-ring (bicyclic) bond motifs is 1. The van der Waals surface area contributed by atoms with Crippen LogP contribution in [0.15, 0.2) is 54.7 Å². The largest absolute Gasteiger partial charge is 0.360 e. The van der Waals surface area contributed by atoms with Gasteiger partial charge in [0.15, 0.2) is 5.78 Å². The summed E-state index contributed by atoms with van der Waals surface area (Å²) in [5.74, 6) is 1.57. The van der Waals surface area contributed by atoms with E-state index in [1.165, 1.54) is 36.8 Å². The van der Waals surface area contributed by atoms with Gasteiger partial charge in [0.1, 0.15) is 0 Å². The monoisotopic (exact) mass is 403 g/mol. The first-order valence-electron chi connectivity index (χ1n) is 11.8. The number of benzene rings is 2. The van der Waals surface area contributed by atoms with Crippen molar-refractivity contribution in [2.75, 3.05) is 0 Å². The lowest BCUT2D eigenvalue weighted by Crippen LogP contribution is -2.02. The fourth-order valence-electron chi connectivity index (χ4n) is 4.44. The molecule has 30 heavy (non-hydrogen) atoms. The van der Waals surface area contributed by atoms with E-state index in [9.17, 15) is 4.79 Å². The minimum Gasteiger partial charge on any atom is -0.360 e. The van der Waals surface area contributed by atoms with Gasteiger partial charge in [0.2, 0.25) is 0 Å². The number of aromatic amines is 1. The van der Waals surface area contributed by atoms with Gasteiger partial charge in [-0.25, -0.2) is 0 Å². The minimum atomic E-state index is 0.260. The van der Waals surface area contributed by atoms with E-state index in [1.807, 2.05) is 30.5 Å². The predicted octanol–water partition coefficient (Wildman–Crippen LogP) is 8.08. The van der Waals surface area contributed by atoms with Crippen molar-refractivity contribution in [3.8, 4) is 0 Å². The summed E-state index contributed by atoms with van der Waals surface area (Å²) in [6.45, 7) is 6.81. The summed E-state index contributed by atoms with van der Waals surface area (Å²) in [7, 11) is 0. The van der Waals surface area contributed by atoms with Crippen LogP contribution in [0.4, 0.5) is 0 Å². The second kappa shape index (κ2) is 11.2. The zero-order chi connectivity index (χ0) is 21.3. The van der Waals surface area contributed by atoms with Crippen LogP contribution in [-0.2, 0) is 6.42 Å². The highest BCUT2D eigenvalue weighted by molar-refractivity contribution is 6.07. The van der Waals surface area contributed by atoms with Gasteiger partial charge in [0.05, 0.1) is 0 Å². The number of aromatic nitrogens is 1. The van der Waals surface area contributed by atoms with E-state index in [1.54, 1.807) is 0 Å². The number of carbonyl (C=O) groups is 1. The van der Waals surface area contributed by atoms with Gasteiger partial charge in [0, 0.05) is 29.1 Å². The highest BCUT2D eigenvalue weighted by Crippen LogP contribution is 2.29. The zero-order valence-corrected chi connectivity index (χ0v) is 18.9. The molecule has 0 aliphatic heterocycles. The molecule has 2 nitrogen and oxygen atoms in total. The van der Waals surface area contributed by atoms with Gasteiger partial charge < -0.3 is 4.98 Å². The van der Waals surface area contributed by atoms with Crippen LogP contribution in [0.3, 0.4) is 0 Å². The molecule has 1 heterocycles. The molecule has 0 aliphatic carbocycles. The van der Waals surface area contributed by atoms with Crippen molar-refractivity contribution in [3.63, 3.8) is 0 Å². The van der Waals surface area contributed by atoms with Crippen LogP contribution in [-0.4, -0.2) is 10.8 Å². The number of nitrogens with one attached hydrogen (secondary N) is 1. The molecule has 0 fully saturated rings. The lowest BCUT2D eigenvalue weighted by molar-refractivity contribution is 0.0980. The van der Waals surface area contributed by atoms with Gasteiger partial charge in [0.25, 0.3) is 0 Å². The molecule has 0 amide bonds. The Morgan fingerprint density at radius 1 is 0.933 bits per heavy atom. The number of hydrogen-bond acceptors (Lipinski definition) is 1. The molecular formula is C28H37NO. The molecule has 1 aromatic heterocycles. The zero-order valence-electron chi connectivity index (χ0n) is 18.9. The van der Waals surface area contributed by atoms with Crippen molar-refractivity contribution in [2.45, 2.75) is 78.1 Å². The molecule has 0 bridgehead atoms. The molecule has 3 rings (SSSR count). The topological polar surface area (TPSA) is 32.9 Å². The Labute approximate surface area is 182 Å². The number of unbranched alkanes of at least 4 members (excludes halogenated alkanes) is 2. The highest BCUT2D eigenvalue weighted by Gasteiger charge is 2.14. The maximum absolute atomic E-state index is 12.7. The van der Waals surface area contributed by atoms with Gasteiger partial charge in [-0.3, -0.25) is 4.79 Å². The summed E-state index contributed by atoms with van der Waals surface area (Å²) >= 11 is 0. The van der Waals surface area contributed by atoms with Gasteiger partial charge in [-0.05, 0) is 54.7 Å². The molecule has 1 N–H and O–H groups in total. The lowest BCUT2D eigenvalue weighted by atomic mass is 9.87. The van der Waals surface area contributed by atoms with Gasteiger partial charge in [-0.15, -0.1) is 0 Å². The summed E-state index contributed by atoms with van der Waals surface area (Å²) in [4.78, 5) is 15.9. The van der Waals surface area contributed by atoms with Crippen molar-refractivity contribution in [1.82, 2.24) is 4.98 Å². The van der Waals surface area contributed by atoms with E-state index < -0.39 is 0 Å². The van der Waals surface area contributed by atoms with E-state index in [2.05, 4.69) is 50.0 Å². The van der Waals surface area contributed by atoms with Crippen LogP contribution in [0.5, 0.6) is 0 Å². The third-order valence-corrected chi connectivity index (χ3v) is 6.10. The quantitative estimate of drug-likeness (QED) is 0.240. The highest BCUT2D eigenvalue weighted by atomic mass is 16.1. The fourth-order valence-corrected chi connectivity index (χ4v) is 4.44. The van der Waals surface area contributed by atoms with Gasteiger partial charge in [-0.2, -0.15) is 0 Å². The number of para-hydroxylation sites is 1. The number of rotatable bonds is 12. The Balaban J connectivity index is 1.53. The van der Waals surface area contributed by atoms with Crippen molar-refractivity contribution >= 4 is 16.7 Å². The third kappa shape index (κ3) is 6.08. The summed E-state index contributed by atoms with van der Waals surface area (Å²) in [6.07, 6.45) is 10.7. The molecule has 2 aromatic carbocycles. The van der Waals surface area contributed by atoms with E-state index >= 15 is 0 Å². The van der Waals surface area contributed by atoms with E-state index in [-0.39, 0.29) is 5.78 Å². The molecule has 3 aromatic rings. The second-order valence-electron chi connectivity index (χ2n) is 9.10. The van der Waals surface area contributed by atoms with Crippen LogP contribution < -0.4 is 0 Å². The van der Waals surface area contributed by atoms with Crippen LogP contribution in [0.25, 0.3) is 10.9 Å². The molecule has 1 atom stereocenters. The Morgan fingerprint density at radius 3 is 2.40 bits per heavy atom. The fraction of sp³-hybridized carbons (Fsp3) is 0.464. The molecule has 0 aliphatic rings. The van der Waals surface area contributed by atoms with Gasteiger partial charge in [-0.1, -0.05) is 82.5 Å². The van der Waals surface area contributed by atoms with Crippen LogP contribution in [0.2, 0.25) is 0 Å². The smallest absolute Gasteiger partial charge is 0.165 e.